The summed E-state index contributed by atoms with van der Waals surface area (Å²) in [5, 5.41) is 25.9. The Morgan fingerprint density at radius 1 is 0.893 bits per heavy atom. The minimum absolute atomic E-state index is 0.0564. The van der Waals surface area contributed by atoms with Gasteiger partial charge in [-0.15, -0.1) is 0 Å². The van der Waals surface area contributed by atoms with Crippen LogP contribution in [0.1, 0.15) is 47.5 Å². The predicted octanol–water partition coefficient (Wildman–Crippen LogP) is -1.04. The smallest absolute Gasteiger partial charge is 0.326 e. The minimum atomic E-state index is -1.29. The first-order valence-corrected chi connectivity index (χ1v) is 9.39. The lowest BCUT2D eigenvalue weighted by Crippen LogP contribution is -2.57. The van der Waals surface area contributed by atoms with Crippen LogP contribution in [-0.4, -0.2) is 64.7 Å². The lowest BCUT2D eigenvalue weighted by atomic mass is 10.0. The van der Waals surface area contributed by atoms with Gasteiger partial charge < -0.3 is 31.9 Å². The fourth-order valence-corrected chi connectivity index (χ4v) is 2.50. The standard InChI is InChI=1S/C18H34N4O6/c1-9(2)6-12(19)16(25)22-15(11(5)23)17(26)20-8-14(24)21-13(18(27)28)7-10(3)4/h9-13,15,23H,6-8,19H2,1-5H3,(H,20,26)(H,21,24)(H,22,25)(H,27,28). The molecule has 28 heavy (non-hydrogen) atoms. The second kappa shape index (κ2) is 12.3. The molecule has 0 aromatic rings. The molecule has 0 heterocycles. The van der Waals surface area contributed by atoms with Crippen LogP contribution in [0.25, 0.3) is 0 Å². The molecule has 0 aliphatic carbocycles. The van der Waals surface area contributed by atoms with Crippen molar-refractivity contribution in [3.8, 4) is 0 Å². The van der Waals surface area contributed by atoms with E-state index in [1.54, 1.807) is 0 Å². The normalized spacial score (nSPS) is 15.5. The summed E-state index contributed by atoms with van der Waals surface area (Å²) in [5.74, 6) is -2.97. The summed E-state index contributed by atoms with van der Waals surface area (Å²) in [4.78, 5) is 47.4. The van der Waals surface area contributed by atoms with E-state index in [2.05, 4.69) is 16.0 Å². The first kappa shape index (κ1) is 25.8. The molecule has 0 aliphatic rings. The molecule has 0 radical (unpaired) electrons. The fraction of sp³-hybridized carbons (Fsp3) is 0.778. The van der Waals surface area contributed by atoms with Crippen LogP contribution in [0.3, 0.4) is 0 Å². The molecule has 4 atom stereocenters. The molecule has 0 rings (SSSR count). The number of aliphatic carboxylic acids is 1. The second-order valence-electron chi connectivity index (χ2n) is 7.77. The van der Waals surface area contributed by atoms with Gasteiger partial charge in [0.05, 0.1) is 18.7 Å². The van der Waals surface area contributed by atoms with Gasteiger partial charge in [0.2, 0.25) is 17.7 Å². The van der Waals surface area contributed by atoms with Gasteiger partial charge in [-0.05, 0) is 31.6 Å². The Hall–Kier alpha value is -2.20. The number of aliphatic hydroxyl groups excluding tert-OH is 1. The van der Waals surface area contributed by atoms with E-state index in [0.717, 1.165) is 0 Å². The van der Waals surface area contributed by atoms with Crippen LogP contribution < -0.4 is 21.7 Å². The molecule has 0 aromatic heterocycles. The highest BCUT2D eigenvalue weighted by Gasteiger charge is 2.28. The second-order valence-corrected chi connectivity index (χ2v) is 7.77. The molecule has 162 valence electrons. The van der Waals surface area contributed by atoms with Gasteiger partial charge in [0, 0.05) is 0 Å². The molecule has 0 bridgehead atoms. The Kier molecular flexibility index (Phi) is 11.3. The van der Waals surface area contributed by atoms with Crippen LogP contribution in [-0.2, 0) is 19.2 Å². The summed E-state index contributed by atoms with van der Waals surface area (Å²) in [6, 6.07) is -3.18. The maximum Gasteiger partial charge on any atom is 0.326 e. The van der Waals surface area contributed by atoms with E-state index in [9.17, 15) is 24.3 Å². The number of hydrogen-bond donors (Lipinski definition) is 6. The summed E-state index contributed by atoms with van der Waals surface area (Å²) in [6.07, 6.45) is -0.560. The third kappa shape index (κ3) is 10.2. The van der Waals surface area contributed by atoms with Crippen LogP contribution in [0.4, 0.5) is 0 Å². The molecule has 10 nitrogen and oxygen atoms in total. The lowest BCUT2D eigenvalue weighted by molar-refractivity contribution is -0.142. The molecule has 7 N–H and O–H groups in total. The van der Waals surface area contributed by atoms with E-state index in [0.29, 0.717) is 6.42 Å². The summed E-state index contributed by atoms with van der Waals surface area (Å²) in [6.45, 7) is 8.27. The van der Waals surface area contributed by atoms with Crippen molar-refractivity contribution in [3.63, 3.8) is 0 Å². The van der Waals surface area contributed by atoms with E-state index in [-0.39, 0.29) is 18.3 Å². The van der Waals surface area contributed by atoms with Gasteiger partial charge in [0.1, 0.15) is 12.1 Å². The molecule has 0 aromatic carbocycles. The number of nitrogens with two attached hydrogens (primary N) is 1. The highest BCUT2D eigenvalue weighted by atomic mass is 16.4. The van der Waals surface area contributed by atoms with Gasteiger partial charge in [-0.25, -0.2) is 4.79 Å². The van der Waals surface area contributed by atoms with Crippen LogP contribution in [0.5, 0.6) is 0 Å². The maximum absolute atomic E-state index is 12.2. The summed E-state index contributed by atoms with van der Waals surface area (Å²) >= 11 is 0. The van der Waals surface area contributed by atoms with E-state index in [4.69, 9.17) is 10.8 Å². The highest BCUT2D eigenvalue weighted by Crippen LogP contribution is 2.05. The van der Waals surface area contributed by atoms with Crippen molar-refractivity contribution in [3.05, 3.63) is 0 Å². The van der Waals surface area contributed by atoms with Crippen LogP contribution in [0.2, 0.25) is 0 Å². The number of hydrogen-bond acceptors (Lipinski definition) is 6. The van der Waals surface area contributed by atoms with Crippen molar-refractivity contribution in [1.29, 1.82) is 0 Å². The molecule has 0 spiro atoms. The number of carbonyl (C=O) groups excluding carboxylic acids is 3. The van der Waals surface area contributed by atoms with Crippen molar-refractivity contribution in [1.82, 2.24) is 16.0 Å². The largest absolute Gasteiger partial charge is 0.480 e. The van der Waals surface area contributed by atoms with Gasteiger partial charge in [-0.2, -0.15) is 0 Å². The number of nitrogens with one attached hydrogen (secondary N) is 3. The van der Waals surface area contributed by atoms with Gasteiger partial charge >= 0.3 is 5.97 Å². The first-order chi connectivity index (χ1) is 12.8. The van der Waals surface area contributed by atoms with Crippen LogP contribution >= 0.6 is 0 Å². The Morgan fingerprint density at radius 3 is 1.86 bits per heavy atom. The third-order valence-corrected chi connectivity index (χ3v) is 3.89. The van der Waals surface area contributed by atoms with Gasteiger partial charge in [-0.1, -0.05) is 27.7 Å². The predicted molar refractivity (Wildman–Crippen MR) is 103 cm³/mol. The maximum atomic E-state index is 12.2. The molecule has 4 unspecified atom stereocenters. The van der Waals surface area contributed by atoms with Gasteiger partial charge in [0.25, 0.3) is 0 Å². The number of carboxylic acids is 1. The molecule has 0 saturated carbocycles. The third-order valence-electron chi connectivity index (χ3n) is 3.89. The summed E-state index contributed by atoms with van der Waals surface area (Å²) in [7, 11) is 0. The van der Waals surface area contributed by atoms with Crippen molar-refractivity contribution in [2.24, 2.45) is 17.6 Å². The Balaban J connectivity index is 4.74. The Labute approximate surface area is 165 Å². The molecule has 0 saturated heterocycles. The monoisotopic (exact) mass is 402 g/mol. The van der Waals surface area contributed by atoms with E-state index >= 15 is 0 Å². The van der Waals surface area contributed by atoms with Crippen molar-refractivity contribution < 1.29 is 29.4 Å². The quantitative estimate of drug-likeness (QED) is 0.242. The number of carbonyl (C=O) groups is 4. The van der Waals surface area contributed by atoms with Crippen molar-refractivity contribution >= 4 is 23.7 Å². The Bertz CT molecular complexity index is 550. The van der Waals surface area contributed by atoms with Crippen molar-refractivity contribution in [2.45, 2.75) is 71.7 Å². The topological polar surface area (TPSA) is 171 Å². The number of carboxylic acid groups (broad SMARTS) is 1. The zero-order chi connectivity index (χ0) is 22.0. The van der Waals surface area contributed by atoms with Gasteiger partial charge in [-0.3, -0.25) is 14.4 Å². The zero-order valence-corrected chi connectivity index (χ0v) is 17.2. The lowest BCUT2D eigenvalue weighted by Gasteiger charge is -2.23. The van der Waals surface area contributed by atoms with E-state index < -0.39 is 54.5 Å². The molecule has 0 aliphatic heterocycles. The Morgan fingerprint density at radius 2 is 1.43 bits per heavy atom. The zero-order valence-electron chi connectivity index (χ0n) is 17.2. The van der Waals surface area contributed by atoms with Crippen LogP contribution in [0.15, 0.2) is 0 Å². The van der Waals surface area contributed by atoms with E-state index in [1.807, 2.05) is 27.7 Å². The summed E-state index contributed by atoms with van der Waals surface area (Å²) in [5.41, 5.74) is 5.77. The number of rotatable bonds is 12. The SMILES string of the molecule is CC(C)CC(N)C(=O)NC(C(=O)NCC(=O)NC(CC(C)C)C(=O)O)C(C)O. The van der Waals surface area contributed by atoms with E-state index in [1.165, 1.54) is 6.92 Å². The molecular weight excluding hydrogens is 368 g/mol. The van der Waals surface area contributed by atoms with Crippen molar-refractivity contribution in [2.75, 3.05) is 6.54 Å². The minimum Gasteiger partial charge on any atom is -0.480 e. The molecular formula is C18H34N4O6. The average molecular weight is 402 g/mol. The molecule has 3 amide bonds. The molecule has 0 fully saturated rings. The van der Waals surface area contributed by atoms with Gasteiger partial charge in [0.15, 0.2) is 0 Å². The fourth-order valence-electron chi connectivity index (χ4n) is 2.50. The number of amides is 3. The number of aliphatic hydroxyl groups is 1. The molecule has 10 heteroatoms. The van der Waals surface area contributed by atoms with Crippen LogP contribution in [0, 0.1) is 11.8 Å². The first-order valence-electron chi connectivity index (χ1n) is 9.39. The average Bonchev–Trinajstić information content (AvgIpc) is 2.55. The highest BCUT2D eigenvalue weighted by molar-refractivity contribution is 5.92. The summed E-state index contributed by atoms with van der Waals surface area (Å²) < 4.78 is 0.